The van der Waals surface area contributed by atoms with E-state index in [1.165, 1.54) is 13.0 Å². The number of hydrogen-bond acceptors (Lipinski definition) is 3. The first-order chi connectivity index (χ1) is 8.75. The largest absolute Gasteiger partial charge is 0.492 e. The fourth-order valence-corrected chi connectivity index (χ4v) is 1.46. The van der Waals surface area contributed by atoms with Crippen LogP contribution in [0.1, 0.15) is 24.2 Å². The Balaban J connectivity index is 3.10. The van der Waals surface area contributed by atoms with E-state index in [1.807, 2.05) is 0 Å². The van der Waals surface area contributed by atoms with E-state index in [9.17, 15) is 9.59 Å². The van der Waals surface area contributed by atoms with Gasteiger partial charge in [0.15, 0.2) is 5.78 Å². The maximum atomic E-state index is 11.6. The summed E-state index contributed by atoms with van der Waals surface area (Å²) in [6, 6.07) is 4.65. The molecule has 0 fully saturated rings. The number of ether oxygens (including phenoxy) is 1. The SMILES string of the molecule is CCOc1ccc(C(C)=O)cc1NC(=O)C(Cl)(Cl)Cl. The number of alkyl halides is 3. The quantitative estimate of drug-likeness (QED) is 0.680. The summed E-state index contributed by atoms with van der Waals surface area (Å²) in [7, 11) is 0. The van der Waals surface area contributed by atoms with E-state index in [1.54, 1.807) is 19.1 Å². The molecule has 0 saturated heterocycles. The van der Waals surface area contributed by atoms with Crippen molar-refractivity contribution >= 4 is 52.2 Å². The third-order valence-corrected chi connectivity index (χ3v) is 2.71. The lowest BCUT2D eigenvalue weighted by atomic mass is 10.1. The van der Waals surface area contributed by atoms with Crippen molar-refractivity contribution in [3.05, 3.63) is 23.8 Å². The van der Waals surface area contributed by atoms with Crippen LogP contribution < -0.4 is 10.1 Å². The van der Waals surface area contributed by atoms with Crippen LogP contribution in [0.3, 0.4) is 0 Å². The van der Waals surface area contributed by atoms with Gasteiger partial charge in [0.25, 0.3) is 9.70 Å². The van der Waals surface area contributed by atoms with Gasteiger partial charge in [-0.25, -0.2) is 0 Å². The maximum absolute atomic E-state index is 11.6. The average molecular weight is 325 g/mol. The first kappa shape index (κ1) is 16.1. The highest BCUT2D eigenvalue weighted by molar-refractivity contribution is 6.76. The molecule has 0 aliphatic heterocycles. The first-order valence-electron chi connectivity index (χ1n) is 5.41. The van der Waals surface area contributed by atoms with E-state index in [0.717, 1.165) is 0 Å². The lowest BCUT2D eigenvalue weighted by molar-refractivity contribution is -0.115. The molecule has 104 valence electrons. The maximum Gasteiger partial charge on any atom is 0.276 e. The molecule has 0 atom stereocenters. The number of nitrogens with one attached hydrogen (secondary N) is 1. The van der Waals surface area contributed by atoms with Crippen molar-refractivity contribution in [2.24, 2.45) is 0 Å². The Kier molecular flexibility index (Phi) is 5.47. The van der Waals surface area contributed by atoms with Gasteiger partial charge in [0.1, 0.15) is 5.75 Å². The van der Waals surface area contributed by atoms with Crippen LogP contribution in [0.4, 0.5) is 5.69 Å². The van der Waals surface area contributed by atoms with Crippen LogP contribution in [0.2, 0.25) is 0 Å². The van der Waals surface area contributed by atoms with Crippen molar-refractivity contribution in [2.75, 3.05) is 11.9 Å². The van der Waals surface area contributed by atoms with E-state index in [-0.39, 0.29) is 11.5 Å². The standard InChI is InChI=1S/C12H12Cl3NO3/c1-3-19-10-5-4-8(7(2)17)6-9(10)16-11(18)12(13,14)15/h4-6H,3H2,1-2H3,(H,16,18). The van der Waals surface area contributed by atoms with Crippen LogP contribution in [0, 0.1) is 0 Å². The van der Waals surface area contributed by atoms with Crippen LogP contribution in [0.5, 0.6) is 5.75 Å². The fraction of sp³-hybridized carbons (Fsp3) is 0.333. The molecule has 19 heavy (non-hydrogen) atoms. The Morgan fingerprint density at radius 3 is 2.42 bits per heavy atom. The van der Waals surface area contributed by atoms with Gasteiger partial charge in [-0.3, -0.25) is 9.59 Å². The summed E-state index contributed by atoms with van der Waals surface area (Å²) >= 11 is 16.4. The van der Waals surface area contributed by atoms with Gasteiger partial charge in [0.2, 0.25) is 0 Å². The average Bonchev–Trinajstić information content (AvgIpc) is 2.30. The molecule has 0 spiro atoms. The first-order valence-corrected chi connectivity index (χ1v) is 6.55. The molecule has 0 heterocycles. The van der Waals surface area contributed by atoms with Crippen molar-refractivity contribution in [2.45, 2.75) is 17.6 Å². The van der Waals surface area contributed by atoms with Crippen LogP contribution in [-0.2, 0) is 4.79 Å². The molecule has 1 amide bonds. The van der Waals surface area contributed by atoms with Crippen LogP contribution in [-0.4, -0.2) is 22.1 Å². The summed E-state index contributed by atoms with van der Waals surface area (Å²) in [5.74, 6) is -0.568. The highest BCUT2D eigenvalue weighted by Crippen LogP contribution is 2.31. The zero-order chi connectivity index (χ0) is 14.6. The number of halogens is 3. The Hall–Kier alpha value is -0.970. The molecule has 0 aliphatic carbocycles. The molecule has 1 N–H and O–H groups in total. The van der Waals surface area contributed by atoms with Gasteiger partial charge in [0.05, 0.1) is 12.3 Å². The van der Waals surface area contributed by atoms with Crippen LogP contribution in [0.15, 0.2) is 18.2 Å². The minimum atomic E-state index is -2.09. The van der Waals surface area contributed by atoms with Crippen molar-refractivity contribution < 1.29 is 14.3 Å². The lowest BCUT2D eigenvalue weighted by Gasteiger charge is -2.15. The van der Waals surface area contributed by atoms with Gasteiger partial charge in [-0.2, -0.15) is 0 Å². The summed E-state index contributed by atoms with van der Waals surface area (Å²) in [4.78, 5) is 22.9. The molecule has 0 aromatic heterocycles. The molecule has 4 nitrogen and oxygen atoms in total. The van der Waals surface area contributed by atoms with E-state index in [0.29, 0.717) is 17.9 Å². The zero-order valence-electron chi connectivity index (χ0n) is 10.3. The summed E-state index contributed by atoms with van der Waals surface area (Å²) in [5, 5.41) is 2.42. The van der Waals surface area contributed by atoms with Gasteiger partial charge in [-0.1, -0.05) is 34.8 Å². The molecule has 0 unspecified atom stereocenters. The molecule has 0 bridgehead atoms. The Labute approximate surface area is 126 Å². The molecule has 0 radical (unpaired) electrons. The topological polar surface area (TPSA) is 55.4 Å². The highest BCUT2D eigenvalue weighted by atomic mass is 35.6. The van der Waals surface area contributed by atoms with Crippen molar-refractivity contribution in [3.63, 3.8) is 0 Å². The second-order valence-corrected chi connectivity index (χ2v) is 5.93. The smallest absolute Gasteiger partial charge is 0.276 e. The van der Waals surface area contributed by atoms with E-state index < -0.39 is 9.70 Å². The number of carbonyl (C=O) groups excluding carboxylic acids is 2. The van der Waals surface area contributed by atoms with Gasteiger partial charge in [0, 0.05) is 5.56 Å². The Morgan fingerprint density at radius 2 is 1.95 bits per heavy atom. The minimum absolute atomic E-state index is 0.146. The molecule has 0 saturated carbocycles. The van der Waals surface area contributed by atoms with Gasteiger partial charge in [-0.05, 0) is 32.0 Å². The molecule has 1 rings (SSSR count). The van der Waals surface area contributed by atoms with E-state index in [2.05, 4.69) is 5.32 Å². The third kappa shape index (κ3) is 4.56. The lowest BCUT2D eigenvalue weighted by Crippen LogP contribution is -2.27. The second-order valence-electron chi connectivity index (χ2n) is 3.65. The Bertz CT molecular complexity index is 497. The summed E-state index contributed by atoms with van der Waals surface area (Å²) in [6.07, 6.45) is 0. The van der Waals surface area contributed by atoms with Crippen LogP contribution in [0.25, 0.3) is 0 Å². The molecule has 7 heteroatoms. The van der Waals surface area contributed by atoms with Crippen molar-refractivity contribution in [3.8, 4) is 5.75 Å². The number of rotatable bonds is 4. The number of amides is 1. The van der Waals surface area contributed by atoms with Gasteiger partial charge >= 0.3 is 0 Å². The highest BCUT2D eigenvalue weighted by Gasteiger charge is 2.31. The fourth-order valence-electron chi connectivity index (χ4n) is 1.32. The number of ketones is 1. The number of Topliss-reactive ketones (excluding diaryl/α,β-unsaturated/α-hetero) is 1. The zero-order valence-corrected chi connectivity index (χ0v) is 12.6. The van der Waals surface area contributed by atoms with Crippen molar-refractivity contribution in [1.82, 2.24) is 0 Å². The number of anilines is 1. The van der Waals surface area contributed by atoms with Gasteiger partial charge in [-0.15, -0.1) is 0 Å². The predicted molar refractivity (Wildman–Crippen MR) is 76.5 cm³/mol. The number of benzene rings is 1. The molecular weight excluding hydrogens is 312 g/mol. The monoisotopic (exact) mass is 323 g/mol. The number of carbonyl (C=O) groups is 2. The van der Waals surface area contributed by atoms with E-state index >= 15 is 0 Å². The summed E-state index contributed by atoms with van der Waals surface area (Å²) in [5.41, 5.74) is 0.703. The molecular formula is C12H12Cl3NO3. The van der Waals surface area contributed by atoms with Gasteiger partial charge < -0.3 is 10.1 Å². The molecule has 1 aromatic rings. The third-order valence-electron chi connectivity index (χ3n) is 2.19. The van der Waals surface area contributed by atoms with E-state index in [4.69, 9.17) is 39.5 Å². The summed E-state index contributed by atoms with van der Waals surface area (Å²) in [6.45, 7) is 3.60. The summed E-state index contributed by atoms with van der Waals surface area (Å²) < 4.78 is 3.24. The molecule has 0 aliphatic rings. The predicted octanol–water partition coefficient (Wildman–Crippen LogP) is 3.60. The minimum Gasteiger partial charge on any atom is -0.492 e. The number of hydrogen-bond donors (Lipinski definition) is 1. The van der Waals surface area contributed by atoms with Crippen LogP contribution >= 0.6 is 34.8 Å². The normalized spacial score (nSPS) is 11.0. The Morgan fingerprint density at radius 1 is 1.32 bits per heavy atom. The second kappa shape index (κ2) is 6.46. The molecule has 1 aromatic carbocycles. The van der Waals surface area contributed by atoms with Crippen molar-refractivity contribution in [1.29, 1.82) is 0 Å².